The Morgan fingerprint density at radius 1 is 0.976 bits per heavy atom. The summed E-state index contributed by atoms with van der Waals surface area (Å²) in [7, 11) is 3.45. The van der Waals surface area contributed by atoms with Crippen LogP contribution in [0.1, 0.15) is 25.3 Å². The molecule has 0 bridgehead atoms. The first kappa shape index (κ1) is 26.8. The Bertz CT molecular complexity index is 1640. The van der Waals surface area contributed by atoms with Crippen LogP contribution in [0.15, 0.2) is 73.1 Å². The third kappa shape index (κ3) is 5.74. The van der Waals surface area contributed by atoms with Gasteiger partial charge in [0.05, 0.1) is 0 Å². The van der Waals surface area contributed by atoms with Gasteiger partial charge in [0.25, 0.3) is 0 Å². The lowest BCUT2D eigenvalue weighted by molar-refractivity contribution is 0.230. The van der Waals surface area contributed by atoms with Crippen LogP contribution < -0.4 is 5.32 Å². The van der Waals surface area contributed by atoms with E-state index in [0.717, 1.165) is 69.9 Å². The smallest absolute Gasteiger partial charge is 0.321 e. The van der Waals surface area contributed by atoms with Crippen LogP contribution in [0.4, 0.5) is 10.5 Å². The number of nitrogens with one attached hydrogen (secondary N) is 2. The summed E-state index contributed by atoms with van der Waals surface area (Å²) >= 11 is 0. The van der Waals surface area contributed by atoms with Crippen molar-refractivity contribution < 1.29 is 4.79 Å². The lowest BCUT2D eigenvalue weighted by Crippen LogP contribution is -2.27. The first-order valence-corrected chi connectivity index (χ1v) is 14.4. The number of likely N-dealkylation sites (tertiary alicyclic amines) is 1. The summed E-state index contributed by atoms with van der Waals surface area (Å²) in [4.78, 5) is 24.3. The average molecular weight is 548 g/mol. The lowest BCUT2D eigenvalue weighted by atomic mass is 9.99. The molecule has 8 heteroatoms. The van der Waals surface area contributed by atoms with Gasteiger partial charge >= 0.3 is 6.03 Å². The Kier molecular flexibility index (Phi) is 7.57. The number of benzene rings is 2. The Morgan fingerprint density at radius 2 is 1.71 bits per heavy atom. The van der Waals surface area contributed by atoms with Gasteiger partial charge in [-0.2, -0.15) is 5.10 Å². The fourth-order valence-electron chi connectivity index (χ4n) is 5.50. The minimum absolute atomic E-state index is 0.159. The van der Waals surface area contributed by atoms with E-state index in [1.807, 2.05) is 35.1 Å². The summed E-state index contributed by atoms with van der Waals surface area (Å²) in [6.45, 7) is 6.47. The van der Waals surface area contributed by atoms with Crippen molar-refractivity contribution in [3.63, 3.8) is 0 Å². The largest absolute Gasteiger partial charge is 0.339 e. The zero-order valence-corrected chi connectivity index (χ0v) is 24.0. The molecule has 0 aliphatic carbocycles. The molecule has 0 unspecified atom stereocenters. The number of aromatic amines is 1. The molecule has 5 aromatic rings. The van der Waals surface area contributed by atoms with Crippen molar-refractivity contribution in [3.05, 3.63) is 78.6 Å². The highest BCUT2D eigenvalue weighted by Crippen LogP contribution is 2.37. The van der Waals surface area contributed by atoms with E-state index in [9.17, 15) is 4.79 Å². The van der Waals surface area contributed by atoms with Crippen molar-refractivity contribution in [2.45, 2.75) is 32.7 Å². The second-order valence-electron chi connectivity index (χ2n) is 10.9. The molecule has 6 rings (SSSR count). The molecule has 0 spiro atoms. The maximum absolute atomic E-state index is 12.1. The maximum Gasteiger partial charge on any atom is 0.321 e. The van der Waals surface area contributed by atoms with Gasteiger partial charge in [-0.3, -0.25) is 4.68 Å². The van der Waals surface area contributed by atoms with E-state index in [1.54, 1.807) is 14.1 Å². The van der Waals surface area contributed by atoms with Crippen LogP contribution in [0.3, 0.4) is 0 Å². The summed E-state index contributed by atoms with van der Waals surface area (Å²) in [5, 5.41) is 8.87. The van der Waals surface area contributed by atoms with E-state index in [0.29, 0.717) is 0 Å². The third-order valence-electron chi connectivity index (χ3n) is 7.90. The highest BCUT2D eigenvalue weighted by molar-refractivity contribution is 5.99. The molecule has 0 saturated carbocycles. The molecule has 1 fully saturated rings. The second kappa shape index (κ2) is 11.6. The molecule has 2 N–H and O–H groups in total. The van der Waals surface area contributed by atoms with Crippen molar-refractivity contribution in [3.8, 4) is 33.6 Å². The number of carbonyl (C=O) groups excluding carboxylic acids is 1. The summed E-state index contributed by atoms with van der Waals surface area (Å²) in [5.41, 5.74) is 9.19. The van der Waals surface area contributed by atoms with Crippen LogP contribution in [0.5, 0.6) is 0 Å². The van der Waals surface area contributed by atoms with Crippen molar-refractivity contribution >= 4 is 22.8 Å². The first-order chi connectivity index (χ1) is 20.0. The van der Waals surface area contributed by atoms with Crippen molar-refractivity contribution in [2.24, 2.45) is 0 Å². The van der Waals surface area contributed by atoms with Gasteiger partial charge in [-0.25, -0.2) is 9.78 Å². The number of H-pyrrole nitrogens is 1. The number of amides is 2. The van der Waals surface area contributed by atoms with Crippen molar-refractivity contribution in [1.29, 1.82) is 0 Å². The Hall–Kier alpha value is -4.43. The predicted molar refractivity (Wildman–Crippen MR) is 166 cm³/mol. The molecule has 2 aromatic carbocycles. The number of urea groups is 1. The monoisotopic (exact) mass is 547 g/mol. The van der Waals surface area contributed by atoms with Gasteiger partial charge in [-0.1, -0.05) is 36.4 Å². The molecule has 2 amide bonds. The molecule has 4 heterocycles. The van der Waals surface area contributed by atoms with Crippen LogP contribution in [-0.2, 0) is 13.0 Å². The Morgan fingerprint density at radius 3 is 2.41 bits per heavy atom. The second-order valence-corrected chi connectivity index (χ2v) is 10.9. The number of carbonyl (C=O) groups is 1. The number of rotatable bonds is 8. The number of aromatic nitrogens is 4. The highest BCUT2D eigenvalue weighted by atomic mass is 16.2. The van der Waals surface area contributed by atoms with Crippen LogP contribution in [0.25, 0.3) is 44.7 Å². The van der Waals surface area contributed by atoms with Gasteiger partial charge in [0.2, 0.25) is 0 Å². The van der Waals surface area contributed by atoms with E-state index < -0.39 is 0 Å². The lowest BCUT2D eigenvalue weighted by Gasteiger charge is -2.14. The molecule has 210 valence electrons. The molecular formula is C33H37N7O. The maximum atomic E-state index is 12.1. The van der Waals surface area contributed by atoms with E-state index in [1.165, 1.54) is 36.4 Å². The van der Waals surface area contributed by atoms with Gasteiger partial charge < -0.3 is 20.1 Å². The number of fused-ring (bicyclic) bond motifs is 1. The number of pyridine rings is 1. The fraction of sp³-hybridized carbons (Fsp3) is 0.303. The van der Waals surface area contributed by atoms with E-state index in [-0.39, 0.29) is 6.03 Å². The standard InChI is InChI=1S/C33H37N7O/c1-4-40-22-29(31(37-40)25-11-13-26(14-12-25)35-33(41)38(2)3)27-15-17-34-32-28(27)21-30(36-32)24-9-7-23(8-10-24)16-20-39-18-5-6-19-39/h7-15,17,21-22H,4-6,16,18-20H2,1-3H3,(H,34,36)(H,35,41). The zero-order valence-electron chi connectivity index (χ0n) is 24.0. The van der Waals surface area contributed by atoms with Crippen LogP contribution in [0, 0.1) is 0 Å². The number of nitrogens with zero attached hydrogens (tertiary/aromatic N) is 5. The molecule has 1 aliphatic rings. The van der Waals surface area contributed by atoms with Crippen LogP contribution in [-0.4, -0.2) is 69.3 Å². The molecular weight excluding hydrogens is 510 g/mol. The summed E-state index contributed by atoms with van der Waals surface area (Å²) in [6.07, 6.45) is 7.71. The van der Waals surface area contributed by atoms with E-state index in [2.05, 4.69) is 69.7 Å². The van der Waals surface area contributed by atoms with Gasteiger partial charge in [0.15, 0.2) is 0 Å². The molecule has 41 heavy (non-hydrogen) atoms. The molecule has 1 saturated heterocycles. The molecule has 0 atom stereocenters. The Balaban J connectivity index is 1.29. The fourth-order valence-corrected chi connectivity index (χ4v) is 5.50. The summed E-state index contributed by atoms with van der Waals surface area (Å²) in [5.74, 6) is 0. The molecule has 3 aromatic heterocycles. The van der Waals surface area contributed by atoms with Gasteiger partial charge in [0.1, 0.15) is 11.3 Å². The quantitative estimate of drug-likeness (QED) is 0.232. The van der Waals surface area contributed by atoms with Crippen LogP contribution in [0.2, 0.25) is 0 Å². The summed E-state index contributed by atoms with van der Waals surface area (Å²) < 4.78 is 1.97. The van der Waals surface area contributed by atoms with Gasteiger partial charge in [-0.05, 0) is 80.2 Å². The van der Waals surface area contributed by atoms with Crippen molar-refractivity contribution in [2.75, 3.05) is 39.0 Å². The van der Waals surface area contributed by atoms with Gasteiger partial charge in [0, 0.05) is 67.5 Å². The van der Waals surface area contributed by atoms with Gasteiger partial charge in [-0.15, -0.1) is 0 Å². The van der Waals surface area contributed by atoms with Crippen molar-refractivity contribution in [1.82, 2.24) is 29.5 Å². The SMILES string of the molecule is CCn1cc(-c2ccnc3[nH]c(-c4ccc(CCN5CCCC5)cc4)cc23)c(-c2ccc(NC(=O)N(C)C)cc2)n1. The minimum Gasteiger partial charge on any atom is -0.339 e. The van der Waals surface area contributed by atoms with E-state index in [4.69, 9.17) is 5.10 Å². The minimum atomic E-state index is -0.159. The molecule has 1 aliphatic heterocycles. The zero-order chi connectivity index (χ0) is 28.3. The normalized spacial score (nSPS) is 13.6. The summed E-state index contributed by atoms with van der Waals surface area (Å²) in [6, 6.07) is 20.9. The average Bonchev–Trinajstić information content (AvgIpc) is 3.76. The van der Waals surface area contributed by atoms with Crippen LogP contribution >= 0.6 is 0 Å². The topological polar surface area (TPSA) is 82.1 Å². The number of anilines is 1. The molecule has 0 radical (unpaired) electrons. The first-order valence-electron chi connectivity index (χ1n) is 14.4. The number of hydrogen-bond donors (Lipinski definition) is 2. The van der Waals surface area contributed by atoms with E-state index >= 15 is 0 Å². The predicted octanol–water partition coefficient (Wildman–Crippen LogP) is 6.51. The third-order valence-corrected chi connectivity index (χ3v) is 7.90. The number of hydrogen-bond acceptors (Lipinski definition) is 4. The highest BCUT2D eigenvalue weighted by Gasteiger charge is 2.18. The molecule has 8 nitrogen and oxygen atoms in total. The Labute approximate surface area is 241 Å². The number of aryl methyl sites for hydroxylation is 1.